The molecule has 3 aromatic rings. The van der Waals surface area contributed by atoms with Gasteiger partial charge in [0.2, 0.25) is 0 Å². The number of aryl methyl sites for hydroxylation is 1. The molecule has 1 heterocycles. The molecule has 1 N–H and O–H groups in total. The number of amides is 1. The maximum atomic E-state index is 12.2. The molecule has 0 aliphatic heterocycles. The Morgan fingerprint density at radius 2 is 1.53 bits per heavy atom. The maximum absolute atomic E-state index is 12.2. The van der Waals surface area contributed by atoms with Crippen LogP contribution in [0.5, 0.6) is 11.5 Å². The molecule has 1 aromatic heterocycles. The third kappa shape index (κ3) is 6.66. The Labute approximate surface area is 174 Å². The summed E-state index contributed by atoms with van der Waals surface area (Å²) in [5.41, 5.74) is 0.730. The van der Waals surface area contributed by atoms with Crippen molar-refractivity contribution >= 4 is 17.7 Å². The topological polar surface area (TPSA) is 91.7 Å². The molecular formula is C22H23N3O5. The van der Waals surface area contributed by atoms with Gasteiger partial charge in [0.25, 0.3) is 5.91 Å². The summed E-state index contributed by atoms with van der Waals surface area (Å²) in [6.45, 7) is 1.90. The van der Waals surface area contributed by atoms with Gasteiger partial charge < -0.3 is 19.5 Å². The summed E-state index contributed by atoms with van der Waals surface area (Å²) in [5, 5.41) is 7.07. The second-order valence-electron chi connectivity index (χ2n) is 6.37. The fraction of sp³-hybridized carbons (Fsp3) is 0.227. The van der Waals surface area contributed by atoms with Gasteiger partial charge in [0, 0.05) is 6.07 Å². The number of anilines is 1. The first kappa shape index (κ1) is 20.9. The van der Waals surface area contributed by atoms with E-state index in [4.69, 9.17) is 14.2 Å². The molecule has 3 rings (SSSR count). The third-order valence-corrected chi connectivity index (χ3v) is 3.95. The summed E-state index contributed by atoms with van der Waals surface area (Å²) in [6, 6.07) is 19.8. The maximum Gasteiger partial charge on any atom is 0.344 e. The van der Waals surface area contributed by atoms with E-state index in [1.807, 2.05) is 43.3 Å². The van der Waals surface area contributed by atoms with Crippen LogP contribution >= 0.6 is 0 Å². The van der Waals surface area contributed by atoms with Gasteiger partial charge in [0.15, 0.2) is 13.2 Å². The van der Waals surface area contributed by atoms with Gasteiger partial charge in [-0.05, 0) is 31.2 Å². The van der Waals surface area contributed by atoms with Crippen LogP contribution in [-0.2, 0) is 20.9 Å². The summed E-state index contributed by atoms with van der Waals surface area (Å²) >= 11 is 0. The molecular weight excluding hydrogens is 386 g/mol. The zero-order valence-electron chi connectivity index (χ0n) is 16.6. The van der Waals surface area contributed by atoms with Crippen LogP contribution in [0.2, 0.25) is 0 Å². The van der Waals surface area contributed by atoms with Crippen molar-refractivity contribution in [1.29, 1.82) is 0 Å². The van der Waals surface area contributed by atoms with Crippen molar-refractivity contribution in [2.24, 2.45) is 0 Å². The Balaban J connectivity index is 1.43. The molecule has 0 fully saturated rings. The second-order valence-corrected chi connectivity index (χ2v) is 6.37. The van der Waals surface area contributed by atoms with Crippen LogP contribution in [0, 0.1) is 6.92 Å². The first-order chi connectivity index (χ1) is 14.6. The smallest absolute Gasteiger partial charge is 0.344 e. The van der Waals surface area contributed by atoms with Gasteiger partial charge in [0.05, 0.1) is 12.2 Å². The number of nitrogens with one attached hydrogen (secondary N) is 1. The molecule has 0 saturated heterocycles. The van der Waals surface area contributed by atoms with Crippen molar-refractivity contribution in [1.82, 2.24) is 9.78 Å². The van der Waals surface area contributed by atoms with Gasteiger partial charge in [-0.1, -0.05) is 36.4 Å². The predicted molar refractivity (Wildman–Crippen MR) is 110 cm³/mol. The van der Waals surface area contributed by atoms with Crippen LogP contribution in [0.3, 0.4) is 0 Å². The number of ether oxygens (including phenoxy) is 3. The Hall–Kier alpha value is -3.81. The van der Waals surface area contributed by atoms with Crippen LogP contribution in [-0.4, -0.2) is 41.5 Å². The predicted octanol–water partition coefficient (Wildman–Crippen LogP) is 2.83. The number of nitrogens with zero attached hydrogens (tertiary/aromatic N) is 2. The summed E-state index contributed by atoms with van der Waals surface area (Å²) < 4.78 is 17.5. The van der Waals surface area contributed by atoms with E-state index in [0.717, 1.165) is 5.69 Å². The van der Waals surface area contributed by atoms with E-state index >= 15 is 0 Å². The third-order valence-electron chi connectivity index (χ3n) is 3.95. The molecule has 0 spiro atoms. The highest BCUT2D eigenvalue weighted by molar-refractivity contribution is 5.91. The Kier molecular flexibility index (Phi) is 7.43. The standard InChI is InChI=1S/C22H23N3O5/c1-17-14-20(23-21(26)15-29-18-8-4-2-5-9-18)25(24-17)12-13-28-22(27)16-30-19-10-6-3-7-11-19/h2-11,14H,12-13,15-16H2,1H3,(H,23,26). The molecule has 156 valence electrons. The fourth-order valence-electron chi connectivity index (χ4n) is 2.61. The lowest BCUT2D eigenvalue weighted by molar-refractivity contribution is -0.146. The summed E-state index contributed by atoms with van der Waals surface area (Å²) in [7, 11) is 0. The fourth-order valence-corrected chi connectivity index (χ4v) is 2.61. The van der Waals surface area contributed by atoms with Crippen molar-refractivity contribution < 1.29 is 23.8 Å². The lowest BCUT2D eigenvalue weighted by Gasteiger charge is -2.11. The number of hydrogen-bond donors (Lipinski definition) is 1. The van der Waals surface area contributed by atoms with Crippen LogP contribution in [0.4, 0.5) is 5.82 Å². The molecule has 2 aromatic carbocycles. The van der Waals surface area contributed by atoms with Crippen molar-refractivity contribution in [2.45, 2.75) is 13.5 Å². The number of rotatable bonds is 10. The molecule has 0 radical (unpaired) electrons. The van der Waals surface area contributed by atoms with E-state index in [1.165, 1.54) is 0 Å². The number of esters is 1. The first-order valence-corrected chi connectivity index (χ1v) is 9.46. The highest BCUT2D eigenvalue weighted by Gasteiger charge is 2.11. The summed E-state index contributed by atoms with van der Waals surface area (Å²) in [4.78, 5) is 24.0. The molecule has 30 heavy (non-hydrogen) atoms. The van der Waals surface area contributed by atoms with Crippen molar-refractivity contribution in [3.05, 3.63) is 72.4 Å². The largest absolute Gasteiger partial charge is 0.484 e. The van der Waals surface area contributed by atoms with E-state index in [9.17, 15) is 9.59 Å². The minimum atomic E-state index is -0.482. The average molecular weight is 409 g/mol. The number of para-hydroxylation sites is 2. The normalized spacial score (nSPS) is 10.3. The van der Waals surface area contributed by atoms with Crippen LogP contribution in [0.15, 0.2) is 66.7 Å². The monoisotopic (exact) mass is 409 g/mol. The molecule has 0 atom stereocenters. The number of carbonyl (C=O) groups excluding carboxylic acids is 2. The van der Waals surface area contributed by atoms with Gasteiger partial charge >= 0.3 is 5.97 Å². The number of aromatic nitrogens is 2. The summed E-state index contributed by atoms with van der Waals surface area (Å²) in [5.74, 6) is 0.922. The molecule has 0 aliphatic carbocycles. The van der Waals surface area contributed by atoms with E-state index in [1.54, 1.807) is 35.0 Å². The van der Waals surface area contributed by atoms with Gasteiger partial charge in [-0.2, -0.15) is 5.10 Å². The van der Waals surface area contributed by atoms with Crippen LogP contribution in [0.1, 0.15) is 5.69 Å². The number of carbonyl (C=O) groups is 2. The van der Waals surface area contributed by atoms with Crippen LogP contribution in [0.25, 0.3) is 0 Å². The highest BCUT2D eigenvalue weighted by atomic mass is 16.6. The zero-order valence-corrected chi connectivity index (χ0v) is 16.6. The van der Waals surface area contributed by atoms with Crippen molar-refractivity contribution in [3.63, 3.8) is 0 Å². The SMILES string of the molecule is Cc1cc(NC(=O)COc2ccccc2)n(CCOC(=O)COc2ccccc2)n1. The zero-order chi connectivity index (χ0) is 21.2. The minimum Gasteiger partial charge on any atom is -0.484 e. The Morgan fingerprint density at radius 1 is 0.933 bits per heavy atom. The lowest BCUT2D eigenvalue weighted by Crippen LogP contribution is -2.23. The van der Waals surface area contributed by atoms with Crippen molar-refractivity contribution in [2.75, 3.05) is 25.1 Å². The molecule has 0 saturated carbocycles. The quantitative estimate of drug-likeness (QED) is 0.518. The van der Waals surface area contributed by atoms with Gasteiger partial charge in [-0.25, -0.2) is 9.48 Å². The van der Waals surface area contributed by atoms with Crippen LogP contribution < -0.4 is 14.8 Å². The van der Waals surface area contributed by atoms with Gasteiger partial charge in [0.1, 0.15) is 23.9 Å². The van der Waals surface area contributed by atoms with Gasteiger partial charge in [-0.3, -0.25) is 4.79 Å². The number of hydrogen-bond acceptors (Lipinski definition) is 6. The Morgan fingerprint density at radius 3 is 2.17 bits per heavy atom. The molecule has 1 amide bonds. The molecule has 8 heteroatoms. The first-order valence-electron chi connectivity index (χ1n) is 9.46. The average Bonchev–Trinajstić information content (AvgIpc) is 3.11. The van der Waals surface area contributed by atoms with E-state index in [0.29, 0.717) is 23.9 Å². The highest BCUT2D eigenvalue weighted by Crippen LogP contribution is 2.12. The summed E-state index contributed by atoms with van der Waals surface area (Å²) in [6.07, 6.45) is 0. The lowest BCUT2D eigenvalue weighted by atomic mass is 10.3. The Bertz CT molecular complexity index is 957. The molecule has 8 nitrogen and oxygen atoms in total. The second kappa shape index (κ2) is 10.7. The van der Waals surface area contributed by atoms with E-state index < -0.39 is 5.97 Å². The van der Waals surface area contributed by atoms with E-state index in [-0.39, 0.29) is 25.7 Å². The van der Waals surface area contributed by atoms with E-state index in [2.05, 4.69) is 10.4 Å². The molecule has 0 unspecified atom stereocenters. The molecule has 0 aliphatic rings. The van der Waals surface area contributed by atoms with Gasteiger partial charge in [-0.15, -0.1) is 0 Å². The molecule has 0 bridgehead atoms. The number of benzene rings is 2. The minimum absolute atomic E-state index is 0.0987. The van der Waals surface area contributed by atoms with Crippen molar-refractivity contribution in [3.8, 4) is 11.5 Å².